The Balaban J connectivity index is 1.75. The molecule has 3 aromatic carbocycles. The van der Waals surface area contributed by atoms with Gasteiger partial charge in [0.1, 0.15) is 11.6 Å². The van der Waals surface area contributed by atoms with Gasteiger partial charge in [-0.25, -0.2) is 21.9 Å². The van der Waals surface area contributed by atoms with Gasteiger partial charge in [-0.3, -0.25) is 4.79 Å². The second-order valence-electron chi connectivity index (χ2n) is 7.37. The summed E-state index contributed by atoms with van der Waals surface area (Å²) in [4.78, 5) is 12.5. The third kappa shape index (κ3) is 5.91. The maximum atomic E-state index is 14.1. The maximum absolute atomic E-state index is 14.1. The van der Waals surface area contributed by atoms with Crippen LogP contribution < -0.4 is 10.0 Å². The standard InChI is InChI=1S/C23H21ClF2N2O3S/c1-14-8-15(2)10-18(9-14)32(30,31)27-13-23(29)28-22-7-6-17(24)11-16(22)12-19-20(25)4-3-5-21(19)26/h3-11,27H,12-13H2,1-2H3,(H,28,29). The molecule has 3 aromatic rings. The van der Waals surface area contributed by atoms with E-state index < -0.39 is 34.1 Å². The Kier molecular flexibility index (Phi) is 7.28. The molecule has 9 heteroatoms. The number of benzene rings is 3. The average Bonchev–Trinajstić information content (AvgIpc) is 2.70. The third-order valence-corrected chi connectivity index (χ3v) is 6.31. The van der Waals surface area contributed by atoms with Gasteiger partial charge in [-0.1, -0.05) is 23.7 Å². The molecule has 0 aromatic heterocycles. The average molecular weight is 479 g/mol. The number of hydrogen-bond acceptors (Lipinski definition) is 3. The molecule has 0 saturated carbocycles. The summed E-state index contributed by atoms with van der Waals surface area (Å²) in [6.45, 7) is 3.03. The lowest BCUT2D eigenvalue weighted by Gasteiger charge is -2.14. The quantitative estimate of drug-likeness (QED) is 0.515. The molecule has 0 radical (unpaired) electrons. The summed E-state index contributed by atoms with van der Waals surface area (Å²) in [5.74, 6) is -2.08. The predicted octanol–water partition coefficient (Wildman–Crippen LogP) is 4.74. The first-order valence-corrected chi connectivity index (χ1v) is 11.5. The number of hydrogen-bond donors (Lipinski definition) is 2. The Labute approximate surface area is 190 Å². The first kappa shape index (κ1) is 23.8. The molecule has 32 heavy (non-hydrogen) atoms. The van der Waals surface area contributed by atoms with Crippen molar-refractivity contribution in [3.05, 3.63) is 93.5 Å². The van der Waals surface area contributed by atoms with Crippen LogP contribution in [0.25, 0.3) is 0 Å². The van der Waals surface area contributed by atoms with E-state index in [9.17, 15) is 22.0 Å². The van der Waals surface area contributed by atoms with Gasteiger partial charge in [0.05, 0.1) is 11.4 Å². The van der Waals surface area contributed by atoms with Crippen LogP contribution in [0, 0.1) is 25.5 Å². The normalized spacial score (nSPS) is 11.4. The van der Waals surface area contributed by atoms with E-state index in [4.69, 9.17) is 11.6 Å². The van der Waals surface area contributed by atoms with Gasteiger partial charge >= 0.3 is 0 Å². The highest BCUT2D eigenvalue weighted by molar-refractivity contribution is 7.89. The SMILES string of the molecule is Cc1cc(C)cc(S(=O)(=O)NCC(=O)Nc2ccc(Cl)cc2Cc2c(F)cccc2F)c1. The third-order valence-electron chi connectivity index (χ3n) is 4.70. The van der Waals surface area contributed by atoms with Gasteiger partial charge < -0.3 is 5.32 Å². The maximum Gasteiger partial charge on any atom is 0.241 e. The minimum absolute atomic E-state index is 0.0602. The van der Waals surface area contributed by atoms with Crippen molar-refractivity contribution in [3.63, 3.8) is 0 Å². The summed E-state index contributed by atoms with van der Waals surface area (Å²) < 4.78 is 55.4. The fourth-order valence-corrected chi connectivity index (χ4v) is 4.61. The van der Waals surface area contributed by atoms with Gasteiger partial charge in [0.2, 0.25) is 15.9 Å². The van der Waals surface area contributed by atoms with Crippen LogP contribution in [0.1, 0.15) is 22.3 Å². The molecule has 0 saturated heterocycles. The number of aryl methyl sites for hydroxylation is 2. The Morgan fingerprint density at radius 3 is 2.22 bits per heavy atom. The first-order chi connectivity index (χ1) is 15.0. The lowest BCUT2D eigenvalue weighted by Crippen LogP contribution is -2.33. The molecule has 0 unspecified atom stereocenters. The highest BCUT2D eigenvalue weighted by Crippen LogP contribution is 2.26. The lowest BCUT2D eigenvalue weighted by molar-refractivity contribution is -0.115. The van der Waals surface area contributed by atoms with Crippen molar-refractivity contribution in [2.24, 2.45) is 0 Å². The largest absolute Gasteiger partial charge is 0.325 e. The van der Waals surface area contributed by atoms with Gasteiger partial charge in [-0.15, -0.1) is 0 Å². The van der Waals surface area contributed by atoms with Crippen molar-refractivity contribution in [2.75, 3.05) is 11.9 Å². The zero-order valence-electron chi connectivity index (χ0n) is 17.4. The molecule has 0 aliphatic rings. The Hall–Kier alpha value is -2.81. The van der Waals surface area contributed by atoms with Crippen LogP contribution in [-0.4, -0.2) is 20.9 Å². The molecular formula is C23H21ClF2N2O3S. The predicted molar refractivity (Wildman–Crippen MR) is 120 cm³/mol. The van der Waals surface area contributed by atoms with Crippen molar-refractivity contribution >= 4 is 33.2 Å². The number of nitrogens with one attached hydrogen (secondary N) is 2. The van der Waals surface area contributed by atoms with Crippen LogP contribution >= 0.6 is 11.6 Å². The Morgan fingerprint density at radius 2 is 1.59 bits per heavy atom. The fraction of sp³-hybridized carbons (Fsp3) is 0.174. The van der Waals surface area contributed by atoms with Crippen LogP contribution in [0.3, 0.4) is 0 Å². The molecule has 0 spiro atoms. The molecule has 3 rings (SSSR count). The lowest BCUT2D eigenvalue weighted by atomic mass is 10.0. The number of carbonyl (C=O) groups excluding carboxylic acids is 1. The summed E-state index contributed by atoms with van der Waals surface area (Å²) in [5.41, 5.74) is 2.04. The zero-order chi connectivity index (χ0) is 23.5. The molecule has 2 N–H and O–H groups in total. The van der Waals surface area contributed by atoms with Gasteiger partial charge in [0.15, 0.2) is 0 Å². The van der Waals surface area contributed by atoms with Gasteiger partial charge in [0.25, 0.3) is 0 Å². The van der Waals surface area contributed by atoms with Gasteiger partial charge in [0, 0.05) is 22.7 Å². The van der Waals surface area contributed by atoms with E-state index in [1.54, 1.807) is 13.8 Å². The van der Waals surface area contributed by atoms with E-state index in [0.717, 1.165) is 23.3 Å². The van der Waals surface area contributed by atoms with E-state index in [1.165, 1.54) is 36.4 Å². The minimum Gasteiger partial charge on any atom is -0.325 e. The monoisotopic (exact) mass is 478 g/mol. The molecular weight excluding hydrogens is 458 g/mol. The smallest absolute Gasteiger partial charge is 0.241 e. The second-order valence-corrected chi connectivity index (χ2v) is 9.58. The van der Waals surface area contributed by atoms with Crippen molar-refractivity contribution in [1.29, 1.82) is 0 Å². The van der Waals surface area contributed by atoms with E-state index in [-0.39, 0.29) is 22.6 Å². The van der Waals surface area contributed by atoms with Crippen molar-refractivity contribution in [3.8, 4) is 0 Å². The molecule has 168 valence electrons. The molecule has 0 bridgehead atoms. The zero-order valence-corrected chi connectivity index (χ0v) is 18.9. The number of carbonyl (C=O) groups is 1. The number of anilines is 1. The fourth-order valence-electron chi connectivity index (χ4n) is 3.25. The van der Waals surface area contributed by atoms with Crippen molar-refractivity contribution in [1.82, 2.24) is 4.72 Å². The van der Waals surface area contributed by atoms with E-state index in [2.05, 4.69) is 10.0 Å². The van der Waals surface area contributed by atoms with Crippen LogP contribution in [0.4, 0.5) is 14.5 Å². The molecule has 0 aliphatic carbocycles. The number of amides is 1. The van der Waals surface area contributed by atoms with Gasteiger partial charge in [-0.2, -0.15) is 0 Å². The molecule has 0 atom stereocenters. The molecule has 0 fully saturated rings. The Bertz CT molecular complexity index is 1240. The van der Waals surface area contributed by atoms with Crippen molar-refractivity contribution in [2.45, 2.75) is 25.2 Å². The van der Waals surface area contributed by atoms with Crippen LogP contribution in [-0.2, 0) is 21.2 Å². The highest BCUT2D eigenvalue weighted by Gasteiger charge is 2.18. The van der Waals surface area contributed by atoms with E-state index in [0.29, 0.717) is 10.6 Å². The summed E-state index contributed by atoms with van der Waals surface area (Å²) in [5, 5.41) is 2.90. The molecule has 5 nitrogen and oxygen atoms in total. The molecule has 0 aliphatic heterocycles. The van der Waals surface area contributed by atoms with Crippen molar-refractivity contribution < 1.29 is 22.0 Å². The topological polar surface area (TPSA) is 75.3 Å². The summed E-state index contributed by atoms with van der Waals surface area (Å²) in [6, 6.07) is 12.9. The number of rotatable bonds is 7. The van der Waals surface area contributed by atoms with Crippen LogP contribution in [0.15, 0.2) is 59.5 Å². The number of halogens is 3. The molecule has 1 amide bonds. The molecule has 0 heterocycles. The van der Waals surface area contributed by atoms with E-state index >= 15 is 0 Å². The Morgan fingerprint density at radius 1 is 0.969 bits per heavy atom. The summed E-state index contributed by atoms with van der Waals surface area (Å²) in [7, 11) is -3.90. The van der Waals surface area contributed by atoms with E-state index in [1.807, 2.05) is 6.07 Å². The minimum atomic E-state index is -3.90. The van der Waals surface area contributed by atoms with Crippen LogP contribution in [0.2, 0.25) is 5.02 Å². The summed E-state index contributed by atoms with van der Waals surface area (Å²) >= 11 is 6.02. The van der Waals surface area contributed by atoms with Crippen LogP contribution in [0.5, 0.6) is 0 Å². The van der Waals surface area contributed by atoms with Gasteiger partial charge in [-0.05, 0) is 73.0 Å². The summed E-state index contributed by atoms with van der Waals surface area (Å²) in [6.07, 6.45) is -0.150. The number of sulfonamides is 1. The highest BCUT2D eigenvalue weighted by atomic mass is 35.5. The first-order valence-electron chi connectivity index (χ1n) is 9.64. The second kappa shape index (κ2) is 9.77.